The molecule has 5 nitrogen and oxygen atoms in total. The molecule has 1 N–H and O–H groups in total. The van der Waals surface area contributed by atoms with E-state index in [1.807, 2.05) is 32.0 Å². The van der Waals surface area contributed by atoms with Crippen LogP contribution in [0.4, 0.5) is 15.8 Å². The molecule has 0 aromatic heterocycles. The molecule has 0 heterocycles. The predicted octanol–water partition coefficient (Wildman–Crippen LogP) is 4.77. The highest BCUT2D eigenvalue weighted by atomic mass is 32.2. The number of aryl methyl sites for hydroxylation is 2. The van der Waals surface area contributed by atoms with Gasteiger partial charge >= 0.3 is 0 Å². The highest BCUT2D eigenvalue weighted by Gasteiger charge is 2.24. The second-order valence-corrected chi connectivity index (χ2v) is 8.84. The van der Waals surface area contributed by atoms with E-state index in [1.165, 1.54) is 43.4 Å². The summed E-state index contributed by atoms with van der Waals surface area (Å²) in [6.07, 6.45) is 0.749. The SMILES string of the molecule is CCc1cccc(C)c1NC(=O)c1cccc(S(=O)(=O)N(C)c2ccccc2F)c1. The number of nitrogens with zero attached hydrogens (tertiary/aromatic N) is 1. The first-order valence-electron chi connectivity index (χ1n) is 9.49. The molecule has 0 saturated heterocycles. The number of hydrogen-bond donors (Lipinski definition) is 1. The Morgan fingerprint density at radius 3 is 2.43 bits per heavy atom. The molecule has 0 fully saturated rings. The molecule has 0 saturated carbocycles. The molecule has 3 rings (SSSR count). The van der Waals surface area contributed by atoms with Crippen LogP contribution in [-0.4, -0.2) is 21.4 Å². The lowest BCUT2D eigenvalue weighted by molar-refractivity contribution is 0.102. The summed E-state index contributed by atoms with van der Waals surface area (Å²) in [5.41, 5.74) is 2.77. The quantitative estimate of drug-likeness (QED) is 0.617. The van der Waals surface area contributed by atoms with Crippen LogP contribution in [0.2, 0.25) is 0 Å². The molecule has 1 amide bonds. The Morgan fingerprint density at radius 2 is 1.73 bits per heavy atom. The van der Waals surface area contributed by atoms with Crippen molar-refractivity contribution in [1.29, 1.82) is 0 Å². The van der Waals surface area contributed by atoms with Crippen LogP contribution in [0, 0.1) is 12.7 Å². The minimum absolute atomic E-state index is 0.0696. The zero-order valence-corrected chi connectivity index (χ0v) is 17.8. The number of para-hydroxylation sites is 2. The number of carbonyl (C=O) groups is 1. The summed E-state index contributed by atoms with van der Waals surface area (Å²) in [4.78, 5) is 12.7. The number of benzene rings is 3. The van der Waals surface area contributed by atoms with Gasteiger partial charge in [0.2, 0.25) is 0 Å². The van der Waals surface area contributed by atoms with Crippen molar-refractivity contribution in [1.82, 2.24) is 0 Å². The van der Waals surface area contributed by atoms with Gasteiger partial charge in [0.05, 0.1) is 10.6 Å². The van der Waals surface area contributed by atoms with Gasteiger partial charge in [-0.15, -0.1) is 0 Å². The molecular weight excluding hydrogens is 403 g/mol. The van der Waals surface area contributed by atoms with Crippen molar-refractivity contribution < 1.29 is 17.6 Å². The number of nitrogens with one attached hydrogen (secondary N) is 1. The van der Waals surface area contributed by atoms with Gasteiger partial charge in [0.15, 0.2) is 0 Å². The van der Waals surface area contributed by atoms with Crippen molar-refractivity contribution in [2.45, 2.75) is 25.2 Å². The first kappa shape index (κ1) is 21.5. The summed E-state index contributed by atoms with van der Waals surface area (Å²) < 4.78 is 40.9. The molecule has 0 unspecified atom stereocenters. The summed E-state index contributed by atoms with van der Waals surface area (Å²) in [6.45, 7) is 3.90. The number of halogens is 1. The van der Waals surface area contributed by atoms with Gasteiger partial charge in [-0.3, -0.25) is 9.10 Å². The van der Waals surface area contributed by atoms with Gasteiger partial charge in [0.25, 0.3) is 15.9 Å². The van der Waals surface area contributed by atoms with Crippen LogP contribution in [0.3, 0.4) is 0 Å². The lowest BCUT2D eigenvalue weighted by Gasteiger charge is -2.20. The minimum atomic E-state index is -4.05. The van der Waals surface area contributed by atoms with Crippen molar-refractivity contribution in [2.24, 2.45) is 0 Å². The summed E-state index contributed by atoms with van der Waals surface area (Å²) in [5, 5.41) is 2.89. The Balaban J connectivity index is 1.93. The van der Waals surface area contributed by atoms with Crippen LogP contribution in [-0.2, 0) is 16.4 Å². The zero-order valence-electron chi connectivity index (χ0n) is 17.0. The van der Waals surface area contributed by atoms with E-state index in [9.17, 15) is 17.6 Å². The molecule has 7 heteroatoms. The maximum absolute atomic E-state index is 14.1. The Hall–Kier alpha value is -3.19. The van der Waals surface area contributed by atoms with Gasteiger partial charge in [0.1, 0.15) is 5.82 Å². The van der Waals surface area contributed by atoms with E-state index < -0.39 is 21.7 Å². The van der Waals surface area contributed by atoms with Crippen molar-refractivity contribution in [3.63, 3.8) is 0 Å². The fourth-order valence-corrected chi connectivity index (χ4v) is 4.43. The van der Waals surface area contributed by atoms with Gasteiger partial charge in [0, 0.05) is 18.3 Å². The van der Waals surface area contributed by atoms with Crippen LogP contribution in [0.15, 0.2) is 71.6 Å². The third kappa shape index (κ3) is 4.21. The topological polar surface area (TPSA) is 66.5 Å². The van der Waals surface area contributed by atoms with E-state index in [0.29, 0.717) is 0 Å². The maximum Gasteiger partial charge on any atom is 0.264 e. The monoisotopic (exact) mass is 426 g/mol. The average molecular weight is 427 g/mol. The number of sulfonamides is 1. The van der Waals surface area contributed by atoms with Crippen molar-refractivity contribution in [3.05, 3.63) is 89.2 Å². The Kier molecular flexibility index (Phi) is 6.22. The zero-order chi connectivity index (χ0) is 21.9. The number of carbonyl (C=O) groups excluding carboxylic acids is 1. The molecule has 0 aliphatic rings. The molecule has 0 atom stereocenters. The van der Waals surface area contributed by atoms with E-state index in [2.05, 4.69) is 5.32 Å². The molecule has 30 heavy (non-hydrogen) atoms. The standard InChI is InChI=1S/C23H23FN2O3S/c1-4-17-10-7-9-16(2)22(17)25-23(27)18-11-8-12-19(15-18)30(28,29)26(3)21-14-6-5-13-20(21)24/h5-15H,4H2,1-3H3,(H,25,27). The third-order valence-electron chi connectivity index (χ3n) is 4.92. The lowest BCUT2D eigenvalue weighted by atomic mass is 10.1. The first-order chi connectivity index (χ1) is 14.3. The number of amides is 1. The van der Waals surface area contributed by atoms with E-state index >= 15 is 0 Å². The second-order valence-electron chi connectivity index (χ2n) is 6.87. The molecule has 3 aromatic rings. The highest BCUT2D eigenvalue weighted by Crippen LogP contribution is 2.26. The van der Waals surface area contributed by atoms with E-state index in [1.54, 1.807) is 12.1 Å². The van der Waals surface area contributed by atoms with Gasteiger partial charge < -0.3 is 5.32 Å². The van der Waals surface area contributed by atoms with Gasteiger partial charge in [-0.1, -0.05) is 43.3 Å². The van der Waals surface area contributed by atoms with Gasteiger partial charge in [-0.25, -0.2) is 12.8 Å². The van der Waals surface area contributed by atoms with Crippen molar-refractivity contribution in [2.75, 3.05) is 16.7 Å². The average Bonchev–Trinajstić information content (AvgIpc) is 2.75. The number of anilines is 2. The van der Waals surface area contributed by atoms with Crippen LogP contribution in [0.1, 0.15) is 28.4 Å². The molecule has 3 aromatic carbocycles. The molecule has 156 valence electrons. The summed E-state index contributed by atoms with van der Waals surface area (Å²) in [5.74, 6) is -1.06. The first-order valence-corrected chi connectivity index (χ1v) is 10.9. The number of hydrogen-bond acceptors (Lipinski definition) is 3. The Morgan fingerprint density at radius 1 is 1.03 bits per heavy atom. The van der Waals surface area contributed by atoms with Gasteiger partial charge in [-0.2, -0.15) is 0 Å². The summed E-state index contributed by atoms with van der Waals surface area (Å²) >= 11 is 0. The number of rotatable bonds is 6. The summed E-state index contributed by atoms with van der Waals surface area (Å²) in [7, 11) is -2.77. The van der Waals surface area contributed by atoms with Crippen LogP contribution in [0.5, 0.6) is 0 Å². The van der Waals surface area contributed by atoms with Crippen LogP contribution >= 0.6 is 0 Å². The highest BCUT2D eigenvalue weighted by molar-refractivity contribution is 7.92. The molecule has 0 spiro atoms. The maximum atomic E-state index is 14.1. The Labute approximate surface area is 176 Å². The van der Waals surface area contributed by atoms with E-state index in [-0.39, 0.29) is 16.1 Å². The van der Waals surface area contributed by atoms with E-state index in [4.69, 9.17) is 0 Å². The normalized spacial score (nSPS) is 11.2. The van der Waals surface area contributed by atoms with Crippen LogP contribution in [0.25, 0.3) is 0 Å². The van der Waals surface area contributed by atoms with E-state index in [0.717, 1.165) is 27.5 Å². The lowest BCUT2D eigenvalue weighted by Crippen LogP contribution is -2.27. The Bertz CT molecular complexity index is 1190. The van der Waals surface area contributed by atoms with Crippen molar-refractivity contribution >= 4 is 27.3 Å². The molecule has 0 aliphatic carbocycles. The molecule has 0 radical (unpaired) electrons. The predicted molar refractivity (Wildman–Crippen MR) is 117 cm³/mol. The minimum Gasteiger partial charge on any atom is -0.321 e. The fraction of sp³-hybridized carbons (Fsp3) is 0.174. The van der Waals surface area contributed by atoms with Crippen molar-refractivity contribution in [3.8, 4) is 0 Å². The van der Waals surface area contributed by atoms with Gasteiger partial charge in [-0.05, 0) is 54.8 Å². The smallest absolute Gasteiger partial charge is 0.264 e. The van der Waals surface area contributed by atoms with Crippen LogP contribution < -0.4 is 9.62 Å². The molecule has 0 bridgehead atoms. The second kappa shape index (κ2) is 8.67. The third-order valence-corrected chi connectivity index (χ3v) is 6.69. The fourth-order valence-electron chi connectivity index (χ4n) is 3.18. The molecule has 0 aliphatic heterocycles. The molecular formula is C23H23FN2O3S. The largest absolute Gasteiger partial charge is 0.321 e. The summed E-state index contributed by atoms with van der Waals surface area (Å²) in [6, 6.07) is 17.1.